The highest BCUT2D eigenvalue weighted by Crippen LogP contribution is 2.08. The zero-order chi connectivity index (χ0) is 26.4. The van der Waals surface area contributed by atoms with Crippen LogP contribution in [0.3, 0.4) is 0 Å². The number of rotatable bonds is 16. The van der Waals surface area contributed by atoms with E-state index in [0.29, 0.717) is 25.8 Å². The molecule has 0 bridgehead atoms. The fourth-order valence-corrected chi connectivity index (χ4v) is 3.44. The summed E-state index contributed by atoms with van der Waals surface area (Å²) in [6, 6.07) is 4.66. The SMILES string of the molecule is CC(C)CC(N)C(=O)NC(Cc1ccccc1)C(=O)NC(CCCCN)C(=O)NC(CO)C(=O)O. The molecule has 0 saturated heterocycles. The molecule has 0 aliphatic rings. The Balaban J connectivity index is 3.06. The summed E-state index contributed by atoms with van der Waals surface area (Å²) in [7, 11) is 0. The highest BCUT2D eigenvalue weighted by atomic mass is 16.4. The molecule has 196 valence electrons. The average molecular weight is 494 g/mol. The highest BCUT2D eigenvalue weighted by Gasteiger charge is 2.30. The van der Waals surface area contributed by atoms with Crippen LogP contribution < -0.4 is 27.4 Å². The van der Waals surface area contributed by atoms with Crippen LogP contribution >= 0.6 is 0 Å². The van der Waals surface area contributed by atoms with Gasteiger partial charge in [0, 0.05) is 6.42 Å². The Labute approximate surface area is 206 Å². The van der Waals surface area contributed by atoms with Gasteiger partial charge in [0.05, 0.1) is 12.6 Å². The highest BCUT2D eigenvalue weighted by molar-refractivity contribution is 5.94. The monoisotopic (exact) mass is 493 g/mol. The largest absolute Gasteiger partial charge is 0.480 e. The Bertz CT molecular complexity index is 820. The minimum absolute atomic E-state index is 0.165. The lowest BCUT2D eigenvalue weighted by Crippen LogP contribution is -2.58. The third-order valence-electron chi connectivity index (χ3n) is 5.35. The second-order valence-corrected chi connectivity index (χ2v) is 8.91. The molecule has 35 heavy (non-hydrogen) atoms. The van der Waals surface area contributed by atoms with Gasteiger partial charge >= 0.3 is 5.97 Å². The van der Waals surface area contributed by atoms with Crippen LogP contribution in [0.1, 0.15) is 45.1 Å². The molecule has 1 aromatic carbocycles. The first-order chi connectivity index (χ1) is 16.6. The number of carboxylic acid groups (broad SMARTS) is 1. The van der Waals surface area contributed by atoms with Gasteiger partial charge in [0.25, 0.3) is 0 Å². The second kappa shape index (κ2) is 15.8. The van der Waals surface area contributed by atoms with Crippen LogP contribution in [0, 0.1) is 5.92 Å². The van der Waals surface area contributed by atoms with Crippen molar-refractivity contribution in [2.45, 2.75) is 70.1 Å². The summed E-state index contributed by atoms with van der Waals surface area (Å²) in [6.07, 6.45) is 1.90. The first-order valence-corrected chi connectivity index (χ1v) is 11.8. The van der Waals surface area contributed by atoms with Crippen LogP contribution in [0.25, 0.3) is 0 Å². The molecule has 3 amide bonds. The molecule has 11 heteroatoms. The second-order valence-electron chi connectivity index (χ2n) is 8.91. The molecular formula is C24H39N5O6. The number of aliphatic hydroxyl groups excluding tert-OH is 1. The normalized spacial score (nSPS) is 14.5. The maximum Gasteiger partial charge on any atom is 0.328 e. The van der Waals surface area contributed by atoms with E-state index in [1.165, 1.54) is 0 Å². The number of hydrogen-bond donors (Lipinski definition) is 7. The molecular weight excluding hydrogens is 454 g/mol. The summed E-state index contributed by atoms with van der Waals surface area (Å²) in [6.45, 7) is 3.45. The first kappa shape index (κ1) is 30.0. The first-order valence-electron chi connectivity index (χ1n) is 11.8. The van der Waals surface area contributed by atoms with E-state index in [0.717, 1.165) is 5.56 Å². The summed E-state index contributed by atoms with van der Waals surface area (Å²) in [5, 5.41) is 25.9. The molecule has 0 saturated carbocycles. The molecule has 0 aliphatic heterocycles. The van der Waals surface area contributed by atoms with Gasteiger partial charge in [-0.3, -0.25) is 14.4 Å². The van der Waals surface area contributed by atoms with Gasteiger partial charge < -0.3 is 37.6 Å². The van der Waals surface area contributed by atoms with E-state index in [2.05, 4.69) is 16.0 Å². The van der Waals surface area contributed by atoms with Gasteiger partial charge in [-0.25, -0.2) is 4.79 Å². The van der Waals surface area contributed by atoms with E-state index in [-0.39, 0.29) is 18.8 Å². The Morgan fingerprint density at radius 1 is 0.886 bits per heavy atom. The van der Waals surface area contributed by atoms with Gasteiger partial charge in [0.2, 0.25) is 17.7 Å². The molecule has 4 atom stereocenters. The predicted octanol–water partition coefficient (Wildman–Crippen LogP) is -0.737. The topological polar surface area (TPSA) is 197 Å². The smallest absolute Gasteiger partial charge is 0.328 e. The number of aliphatic hydroxyl groups is 1. The molecule has 0 spiro atoms. The minimum Gasteiger partial charge on any atom is -0.480 e. The fraction of sp³-hybridized carbons (Fsp3) is 0.583. The number of carbonyl (C=O) groups excluding carboxylic acids is 3. The van der Waals surface area contributed by atoms with Gasteiger partial charge in [0.1, 0.15) is 18.1 Å². The minimum atomic E-state index is -1.51. The maximum absolute atomic E-state index is 13.2. The molecule has 0 fully saturated rings. The van der Waals surface area contributed by atoms with Crippen molar-refractivity contribution < 1.29 is 29.4 Å². The lowest BCUT2D eigenvalue weighted by atomic mass is 10.0. The van der Waals surface area contributed by atoms with Crippen LogP contribution in [-0.4, -0.2) is 71.2 Å². The van der Waals surface area contributed by atoms with E-state index in [9.17, 15) is 24.3 Å². The lowest BCUT2D eigenvalue weighted by Gasteiger charge is -2.25. The zero-order valence-corrected chi connectivity index (χ0v) is 20.4. The van der Waals surface area contributed by atoms with Crippen LogP contribution in [-0.2, 0) is 25.6 Å². The molecule has 0 aromatic heterocycles. The molecule has 4 unspecified atom stereocenters. The number of amides is 3. The number of unbranched alkanes of at least 4 members (excludes halogenated alkanes) is 1. The average Bonchev–Trinajstić information content (AvgIpc) is 2.81. The molecule has 1 rings (SSSR count). The molecule has 0 aliphatic carbocycles. The number of carbonyl (C=O) groups is 4. The summed E-state index contributed by atoms with van der Waals surface area (Å²) in [4.78, 5) is 49.8. The molecule has 0 radical (unpaired) electrons. The summed E-state index contributed by atoms with van der Waals surface area (Å²) in [5.74, 6) is -3.06. The van der Waals surface area contributed by atoms with E-state index < -0.39 is 54.5 Å². The maximum atomic E-state index is 13.2. The number of hydrogen-bond acceptors (Lipinski definition) is 7. The Kier molecular flexibility index (Phi) is 13.5. The molecule has 11 nitrogen and oxygen atoms in total. The van der Waals surface area contributed by atoms with E-state index in [1.54, 1.807) is 12.1 Å². The van der Waals surface area contributed by atoms with Crippen molar-refractivity contribution in [3.63, 3.8) is 0 Å². The standard InChI is InChI=1S/C24H39N5O6/c1-15(2)12-17(26)21(31)28-19(13-16-8-4-3-5-9-16)23(33)27-18(10-6-7-11-25)22(32)29-20(14-30)24(34)35/h3-5,8-9,15,17-20,30H,6-7,10-14,25-26H2,1-2H3,(H,27,33)(H,28,31)(H,29,32)(H,34,35). The van der Waals surface area contributed by atoms with Crippen LogP contribution in [0.2, 0.25) is 0 Å². The van der Waals surface area contributed by atoms with Gasteiger partial charge in [-0.15, -0.1) is 0 Å². The molecule has 0 heterocycles. The fourth-order valence-electron chi connectivity index (χ4n) is 3.44. The number of nitrogens with two attached hydrogens (primary N) is 2. The Morgan fingerprint density at radius 2 is 1.46 bits per heavy atom. The predicted molar refractivity (Wildman–Crippen MR) is 131 cm³/mol. The molecule has 9 N–H and O–H groups in total. The third kappa shape index (κ3) is 11.3. The van der Waals surface area contributed by atoms with Crippen molar-refractivity contribution in [3.8, 4) is 0 Å². The van der Waals surface area contributed by atoms with Crippen LogP contribution in [0.5, 0.6) is 0 Å². The van der Waals surface area contributed by atoms with Crippen LogP contribution in [0.15, 0.2) is 30.3 Å². The van der Waals surface area contributed by atoms with Crippen molar-refractivity contribution in [1.82, 2.24) is 16.0 Å². The van der Waals surface area contributed by atoms with Crippen molar-refractivity contribution >= 4 is 23.7 Å². The van der Waals surface area contributed by atoms with E-state index >= 15 is 0 Å². The number of benzene rings is 1. The van der Waals surface area contributed by atoms with Gasteiger partial charge in [-0.1, -0.05) is 44.2 Å². The van der Waals surface area contributed by atoms with Crippen molar-refractivity contribution in [2.75, 3.05) is 13.2 Å². The summed E-state index contributed by atoms with van der Waals surface area (Å²) >= 11 is 0. The van der Waals surface area contributed by atoms with Gasteiger partial charge in [-0.05, 0) is 43.7 Å². The summed E-state index contributed by atoms with van der Waals surface area (Å²) < 4.78 is 0. The summed E-state index contributed by atoms with van der Waals surface area (Å²) in [5.41, 5.74) is 12.3. The number of aliphatic carboxylic acids is 1. The van der Waals surface area contributed by atoms with Crippen molar-refractivity contribution in [2.24, 2.45) is 17.4 Å². The van der Waals surface area contributed by atoms with Crippen molar-refractivity contribution in [3.05, 3.63) is 35.9 Å². The quantitative estimate of drug-likeness (QED) is 0.146. The van der Waals surface area contributed by atoms with Crippen LogP contribution in [0.4, 0.5) is 0 Å². The lowest BCUT2D eigenvalue weighted by molar-refractivity contribution is -0.143. The van der Waals surface area contributed by atoms with Crippen molar-refractivity contribution in [1.29, 1.82) is 0 Å². The van der Waals surface area contributed by atoms with E-state index in [1.807, 2.05) is 32.0 Å². The van der Waals surface area contributed by atoms with E-state index in [4.69, 9.17) is 16.6 Å². The number of nitrogens with one attached hydrogen (secondary N) is 3. The Morgan fingerprint density at radius 3 is 2.00 bits per heavy atom. The Hall–Kier alpha value is -3.02. The zero-order valence-electron chi connectivity index (χ0n) is 20.4. The van der Waals surface area contributed by atoms with Gasteiger partial charge in [0.15, 0.2) is 0 Å². The number of carboxylic acids is 1. The van der Waals surface area contributed by atoms with Gasteiger partial charge in [-0.2, -0.15) is 0 Å². The molecule has 1 aromatic rings. The third-order valence-corrected chi connectivity index (χ3v) is 5.35.